The van der Waals surface area contributed by atoms with Crippen LogP contribution >= 0.6 is 0 Å². The van der Waals surface area contributed by atoms with Crippen LogP contribution in [0.2, 0.25) is 0 Å². The van der Waals surface area contributed by atoms with Crippen molar-refractivity contribution in [3.63, 3.8) is 0 Å². The second kappa shape index (κ2) is 7.30. The fourth-order valence-corrected chi connectivity index (χ4v) is 3.56. The minimum absolute atomic E-state index is 0.00111. The summed E-state index contributed by atoms with van der Waals surface area (Å²) in [7, 11) is 0. The van der Waals surface area contributed by atoms with Crippen LogP contribution in [0.25, 0.3) is 0 Å². The van der Waals surface area contributed by atoms with E-state index in [1.165, 1.54) is 6.07 Å². The van der Waals surface area contributed by atoms with Crippen molar-refractivity contribution in [2.24, 2.45) is 5.92 Å². The molecule has 2 atom stereocenters. The maximum absolute atomic E-state index is 13.6. The molecule has 2 unspecified atom stereocenters. The van der Waals surface area contributed by atoms with E-state index < -0.39 is 6.10 Å². The molecule has 1 saturated carbocycles. The van der Waals surface area contributed by atoms with E-state index in [1.807, 2.05) is 0 Å². The van der Waals surface area contributed by atoms with Crippen LogP contribution in [-0.4, -0.2) is 59.0 Å². The fraction of sp³-hybridized carbons (Fsp3) is 0.556. The normalized spacial score (nSPS) is 24.2. The first-order valence-corrected chi connectivity index (χ1v) is 8.54. The van der Waals surface area contributed by atoms with Gasteiger partial charge in [0, 0.05) is 26.2 Å². The molecule has 1 aromatic carbocycles. The summed E-state index contributed by atoms with van der Waals surface area (Å²) in [5.41, 5.74) is 0.398. The lowest BCUT2D eigenvalue weighted by Crippen LogP contribution is -2.53. The minimum atomic E-state index is -0.529. The number of carbonyl (C=O) groups excluding carboxylic acids is 2. The summed E-state index contributed by atoms with van der Waals surface area (Å²) < 4.78 is 13.6. The number of aliphatic hydroxyl groups is 1. The third-order valence-corrected chi connectivity index (χ3v) is 5.04. The van der Waals surface area contributed by atoms with E-state index in [9.17, 15) is 19.1 Å². The number of carbonyl (C=O) groups is 2. The van der Waals surface area contributed by atoms with Crippen LogP contribution in [0.4, 0.5) is 4.39 Å². The van der Waals surface area contributed by atoms with Crippen LogP contribution in [0.1, 0.15) is 24.8 Å². The first kappa shape index (κ1) is 16.9. The predicted octanol–water partition coefficient (Wildman–Crippen LogP) is 1.20. The Hall–Kier alpha value is -1.95. The Morgan fingerprint density at radius 1 is 1.08 bits per heavy atom. The number of hydrogen-bond acceptors (Lipinski definition) is 3. The van der Waals surface area contributed by atoms with Gasteiger partial charge in [-0.2, -0.15) is 0 Å². The smallest absolute Gasteiger partial charge is 0.228 e. The molecule has 1 N–H and O–H groups in total. The molecule has 1 aliphatic carbocycles. The van der Waals surface area contributed by atoms with Gasteiger partial charge in [0.05, 0.1) is 18.4 Å². The lowest BCUT2D eigenvalue weighted by Gasteiger charge is -2.36. The Kier molecular flexibility index (Phi) is 5.14. The quantitative estimate of drug-likeness (QED) is 0.904. The Labute approximate surface area is 141 Å². The van der Waals surface area contributed by atoms with Crippen molar-refractivity contribution in [1.82, 2.24) is 9.80 Å². The van der Waals surface area contributed by atoms with E-state index in [2.05, 4.69) is 0 Å². The molecule has 1 aliphatic heterocycles. The van der Waals surface area contributed by atoms with Gasteiger partial charge in [-0.05, 0) is 30.9 Å². The van der Waals surface area contributed by atoms with Crippen LogP contribution in [-0.2, 0) is 16.0 Å². The molecular formula is C18H23FN2O3. The number of halogens is 1. The van der Waals surface area contributed by atoms with Crippen LogP contribution in [0.5, 0.6) is 0 Å². The van der Waals surface area contributed by atoms with Crippen LogP contribution < -0.4 is 0 Å². The predicted molar refractivity (Wildman–Crippen MR) is 86.6 cm³/mol. The fourth-order valence-electron chi connectivity index (χ4n) is 3.56. The third-order valence-electron chi connectivity index (χ3n) is 5.04. The number of rotatable bonds is 3. The minimum Gasteiger partial charge on any atom is -0.392 e. The van der Waals surface area contributed by atoms with Gasteiger partial charge in [-0.3, -0.25) is 9.59 Å². The Balaban J connectivity index is 1.52. The first-order valence-electron chi connectivity index (χ1n) is 8.54. The van der Waals surface area contributed by atoms with Gasteiger partial charge in [-0.25, -0.2) is 4.39 Å². The van der Waals surface area contributed by atoms with Gasteiger partial charge in [-0.1, -0.05) is 18.2 Å². The lowest BCUT2D eigenvalue weighted by molar-refractivity contribution is -0.143. The second-order valence-corrected chi connectivity index (χ2v) is 6.58. The monoisotopic (exact) mass is 334 g/mol. The maximum atomic E-state index is 13.6. The zero-order valence-electron chi connectivity index (χ0n) is 13.7. The van der Waals surface area contributed by atoms with Crippen molar-refractivity contribution in [3.05, 3.63) is 35.6 Å². The number of aliphatic hydroxyl groups excluding tert-OH is 1. The molecule has 130 valence electrons. The molecule has 2 amide bonds. The van der Waals surface area contributed by atoms with Gasteiger partial charge >= 0.3 is 0 Å². The van der Waals surface area contributed by atoms with Crippen molar-refractivity contribution in [1.29, 1.82) is 0 Å². The maximum Gasteiger partial charge on any atom is 0.228 e. The van der Waals surface area contributed by atoms with E-state index in [-0.39, 0.29) is 30.0 Å². The molecule has 1 aromatic rings. The number of piperazine rings is 1. The molecule has 0 bridgehead atoms. The molecular weight excluding hydrogens is 311 g/mol. The molecule has 0 spiro atoms. The van der Waals surface area contributed by atoms with E-state index in [1.54, 1.807) is 28.0 Å². The van der Waals surface area contributed by atoms with E-state index in [4.69, 9.17) is 0 Å². The van der Waals surface area contributed by atoms with Crippen LogP contribution in [0.15, 0.2) is 24.3 Å². The summed E-state index contributed by atoms with van der Waals surface area (Å²) in [6.45, 7) is 1.87. The molecule has 1 saturated heterocycles. The number of benzene rings is 1. The third kappa shape index (κ3) is 3.59. The van der Waals surface area contributed by atoms with Gasteiger partial charge < -0.3 is 14.9 Å². The number of hydrogen-bond donors (Lipinski definition) is 1. The molecule has 2 aliphatic rings. The van der Waals surface area contributed by atoms with E-state index >= 15 is 0 Å². The lowest BCUT2D eigenvalue weighted by atomic mass is 10.0. The largest absolute Gasteiger partial charge is 0.392 e. The first-order chi connectivity index (χ1) is 11.6. The second-order valence-electron chi connectivity index (χ2n) is 6.58. The highest BCUT2D eigenvalue weighted by molar-refractivity contribution is 5.81. The summed E-state index contributed by atoms with van der Waals surface area (Å²) in [5, 5.41) is 9.87. The van der Waals surface area contributed by atoms with Gasteiger partial charge in [-0.15, -0.1) is 0 Å². The summed E-state index contributed by atoms with van der Waals surface area (Å²) in [4.78, 5) is 28.2. The summed E-state index contributed by atoms with van der Waals surface area (Å²) in [6.07, 6.45) is 1.84. The van der Waals surface area contributed by atoms with Crippen molar-refractivity contribution in [2.75, 3.05) is 26.2 Å². The van der Waals surface area contributed by atoms with Crippen LogP contribution in [0, 0.1) is 11.7 Å². The van der Waals surface area contributed by atoms with Crippen molar-refractivity contribution in [2.45, 2.75) is 31.8 Å². The average Bonchev–Trinajstić information content (AvgIpc) is 3.02. The number of nitrogens with zero attached hydrogens (tertiary/aromatic N) is 2. The highest BCUT2D eigenvalue weighted by Crippen LogP contribution is 2.27. The van der Waals surface area contributed by atoms with Gasteiger partial charge in [0.2, 0.25) is 11.8 Å². The molecule has 6 heteroatoms. The zero-order chi connectivity index (χ0) is 17.1. The van der Waals surface area contributed by atoms with Crippen molar-refractivity contribution >= 4 is 11.8 Å². The van der Waals surface area contributed by atoms with E-state index in [0.717, 1.165) is 12.8 Å². The van der Waals surface area contributed by atoms with Gasteiger partial charge in [0.1, 0.15) is 5.82 Å². The highest BCUT2D eigenvalue weighted by Gasteiger charge is 2.35. The Morgan fingerprint density at radius 3 is 2.38 bits per heavy atom. The van der Waals surface area contributed by atoms with Crippen LogP contribution in [0.3, 0.4) is 0 Å². The van der Waals surface area contributed by atoms with E-state index in [0.29, 0.717) is 38.2 Å². The van der Waals surface area contributed by atoms with Crippen molar-refractivity contribution in [3.8, 4) is 0 Å². The molecule has 24 heavy (non-hydrogen) atoms. The van der Waals surface area contributed by atoms with Gasteiger partial charge in [0.25, 0.3) is 0 Å². The zero-order valence-corrected chi connectivity index (χ0v) is 13.7. The summed E-state index contributed by atoms with van der Waals surface area (Å²) in [6, 6.07) is 6.29. The van der Waals surface area contributed by atoms with Crippen molar-refractivity contribution < 1.29 is 19.1 Å². The molecule has 5 nitrogen and oxygen atoms in total. The Morgan fingerprint density at radius 2 is 1.75 bits per heavy atom. The highest BCUT2D eigenvalue weighted by atomic mass is 19.1. The average molecular weight is 334 g/mol. The molecule has 1 heterocycles. The van der Waals surface area contributed by atoms with Gasteiger partial charge in [0.15, 0.2) is 0 Å². The number of amides is 2. The SMILES string of the molecule is O=C(Cc1ccccc1F)N1CCN(C(=O)C2CCCC2O)CC1. The summed E-state index contributed by atoms with van der Waals surface area (Å²) >= 11 is 0. The topological polar surface area (TPSA) is 60.9 Å². The molecule has 0 radical (unpaired) electrons. The summed E-state index contributed by atoms with van der Waals surface area (Å²) in [5.74, 6) is -0.769. The molecule has 3 rings (SSSR count). The Bertz CT molecular complexity index is 614. The standard InChI is InChI=1S/C18H23FN2O3/c19-15-6-2-1-4-13(15)12-17(23)20-8-10-21(11-9-20)18(24)14-5-3-7-16(14)22/h1-2,4,6,14,16,22H,3,5,7-12H2. The molecule has 2 fully saturated rings. The molecule has 0 aromatic heterocycles.